The Morgan fingerprint density at radius 1 is 1.19 bits per heavy atom. The van der Waals surface area contributed by atoms with Crippen molar-refractivity contribution in [3.63, 3.8) is 0 Å². The summed E-state index contributed by atoms with van der Waals surface area (Å²) >= 11 is 0. The summed E-state index contributed by atoms with van der Waals surface area (Å²) in [6.45, 7) is 0. The summed E-state index contributed by atoms with van der Waals surface area (Å²) in [5.74, 6) is -1.74. The second kappa shape index (κ2) is 5.78. The fourth-order valence-corrected chi connectivity index (χ4v) is 1.60. The largest absolute Gasteiger partial charge is 0.478 e. The van der Waals surface area contributed by atoms with Crippen molar-refractivity contribution in [1.29, 1.82) is 0 Å². The van der Waals surface area contributed by atoms with E-state index >= 15 is 0 Å². The van der Waals surface area contributed by atoms with Gasteiger partial charge in [0.25, 0.3) is 11.6 Å². The fourth-order valence-electron chi connectivity index (χ4n) is 1.60. The molecule has 8 heteroatoms. The Bertz CT molecular complexity index is 712. The smallest absolute Gasteiger partial charge is 0.337 e. The first-order valence-electron chi connectivity index (χ1n) is 5.73. The van der Waals surface area contributed by atoms with E-state index in [1.807, 2.05) is 0 Å². The van der Waals surface area contributed by atoms with Crippen LogP contribution in [0.1, 0.15) is 20.7 Å². The van der Waals surface area contributed by atoms with Crippen LogP contribution in [0.15, 0.2) is 42.6 Å². The van der Waals surface area contributed by atoms with E-state index in [2.05, 4.69) is 10.3 Å². The Kier molecular flexibility index (Phi) is 3.89. The molecule has 0 bridgehead atoms. The molecule has 0 aliphatic rings. The van der Waals surface area contributed by atoms with Gasteiger partial charge in [-0.3, -0.25) is 14.9 Å². The predicted molar refractivity (Wildman–Crippen MR) is 72.2 cm³/mol. The predicted octanol–water partition coefficient (Wildman–Crippen LogP) is 1.94. The molecule has 0 aliphatic carbocycles. The third-order valence-corrected chi connectivity index (χ3v) is 2.60. The van der Waals surface area contributed by atoms with Gasteiger partial charge >= 0.3 is 5.97 Å². The van der Waals surface area contributed by atoms with Crippen molar-refractivity contribution in [2.75, 3.05) is 5.32 Å². The number of aromatic nitrogens is 1. The monoisotopic (exact) mass is 287 g/mol. The molecule has 21 heavy (non-hydrogen) atoms. The molecule has 0 saturated carbocycles. The molecule has 0 spiro atoms. The highest BCUT2D eigenvalue weighted by Crippen LogP contribution is 2.18. The number of pyridine rings is 1. The number of hydrogen-bond acceptors (Lipinski definition) is 5. The van der Waals surface area contributed by atoms with E-state index in [-0.39, 0.29) is 22.6 Å². The van der Waals surface area contributed by atoms with Gasteiger partial charge in [-0.15, -0.1) is 0 Å². The summed E-state index contributed by atoms with van der Waals surface area (Å²) in [5, 5.41) is 21.9. The van der Waals surface area contributed by atoms with Gasteiger partial charge < -0.3 is 10.4 Å². The van der Waals surface area contributed by atoms with Crippen LogP contribution in [-0.4, -0.2) is 26.9 Å². The molecule has 1 heterocycles. The number of nitro groups is 1. The van der Waals surface area contributed by atoms with E-state index in [4.69, 9.17) is 5.11 Å². The van der Waals surface area contributed by atoms with Gasteiger partial charge in [0.05, 0.1) is 10.5 Å². The number of para-hydroxylation sites is 1. The molecule has 1 aromatic heterocycles. The quantitative estimate of drug-likeness (QED) is 0.654. The van der Waals surface area contributed by atoms with Crippen LogP contribution in [0.25, 0.3) is 0 Å². The van der Waals surface area contributed by atoms with Crippen LogP contribution in [0.5, 0.6) is 0 Å². The first kappa shape index (κ1) is 14.1. The number of nitrogens with zero attached hydrogens (tertiary/aromatic N) is 2. The third kappa shape index (κ3) is 3.18. The maximum atomic E-state index is 12.0. The van der Waals surface area contributed by atoms with E-state index in [1.54, 1.807) is 0 Å². The Balaban J connectivity index is 2.22. The van der Waals surface area contributed by atoms with Gasteiger partial charge in [-0.25, -0.2) is 9.78 Å². The molecular formula is C13H9N3O5. The van der Waals surface area contributed by atoms with Gasteiger partial charge in [0.2, 0.25) is 0 Å². The minimum Gasteiger partial charge on any atom is -0.478 e. The van der Waals surface area contributed by atoms with Gasteiger partial charge in [-0.1, -0.05) is 12.1 Å². The molecular weight excluding hydrogens is 278 g/mol. The molecule has 8 nitrogen and oxygen atoms in total. The number of nitrogens with one attached hydrogen (secondary N) is 1. The van der Waals surface area contributed by atoms with Gasteiger partial charge in [-0.05, 0) is 18.2 Å². The molecule has 0 fully saturated rings. The second-order valence-electron chi connectivity index (χ2n) is 3.97. The van der Waals surface area contributed by atoms with Gasteiger partial charge in [-0.2, -0.15) is 0 Å². The van der Waals surface area contributed by atoms with E-state index < -0.39 is 16.8 Å². The molecule has 0 aliphatic heterocycles. The highest BCUT2D eigenvalue weighted by molar-refractivity contribution is 6.06. The minimum absolute atomic E-state index is 0.0290. The Morgan fingerprint density at radius 3 is 2.48 bits per heavy atom. The number of carboxylic acids is 1. The van der Waals surface area contributed by atoms with Crippen LogP contribution in [0.3, 0.4) is 0 Å². The summed E-state index contributed by atoms with van der Waals surface area (Å²) in [5.41, 5.74) is -0.456. The topological polar surface area (TPSA) is 122 Å². The maximum absolute atomic E-state index is 12.0. The number of anilines is 1. The van der Waals surface area contributed by atoms with Crippen molar-refractivity contribution >= 4 is 23.4 Å². The number of nitro benzene ring substituents is 1. The summed E-state index contributed by atoms with van der Waals surface area (Å²) in [4.78, 5) is 36.6. The molecule has 0 atom stereocenters. The SMILES string of the molecule is O=C(O)c1ccc(NC(=O)c2ccccc2[N+](=O)[O-])nc1. The van der Waals surface area contributed by atoms with Crippen LogP contribution in [-0.2, 0) is 0 Å². The van der Waals surface area contributed by atoms with Crippen molar-refractivity contribution < 1.29 is 19.6 Å². The standard InChI is InChI=1S/C13H9N3O5/c17-12(9-3-1-2-4-10(9)16(20)21)15-11-6-5-8(7-14-11)13(18)19/h1-7H,(H,18,19)(H,14,15,17). The van der Waals surface area contributed by atoms with E-state index in [0.717, 1.165) is 6.20 Å². The van der Waals surface area contributed by atoms with Crippen LogP contribution in [0, 0.1) is 10.1 Å². The van der Waals surface area contributed by atoms with Gasteiger partial charge in [0.15, 0.2) is 0 Å². The van der Waals surface area contributed by atoms with Crippen LogP contribution in [0.4, 0.5) is 11.5 Å². The van der Waals surface area contributed by atoms with Crippen molar-refractivity contribution in [1.82, 2.24) is 4.98 Å². The summed E-state index contributed by atoms with van der Waals surface area (Å²) in [7, 11) is 0. The first-order chi connectivity index (χ1) is 9.99. The molecule has 0 radical (unpaired) electrons. The summed E-state index contributed by atoms with van der Waals surface area (Å²) in [6.07, 6.45) is 1.08. The van der Waals surface area contributed by atoms with Crippen molar-refractivity contribution in [2.24, 2.45) is 0 Å². The lowest BCUT2D eigenvalue weighted by molar-refractivity contribution is -0.385. The lowest BCUT2D eigenvalue weighted by Gasteiger charge is -2.05. The van der Waals surface area contributed by atoms with Crippen LogP contribution < -0.4 is 5.32 Å². The second-order valence-corrected chi connectivity index (χ2v) is 3.97. The number of benzene rings is 1. The molecule has 1 amide bonds. The zero-order valence-corrected chi connectivity index (χ0v) is 10.5. The highest BCUT2D eigenvalue weighted by atomic mass is 16.6. The van der Waals surface area contributed by atoms with Crippen molar-refractivity contribution in [3.05, 3.63) is 63.8 Å². The number of carbonyl (C=O) groups is 2. The first-order valence-corrected chi connectivity index (χ1v) is 5.73. The molecule has 0 unspecified atom stereocenters. The molecule has 2 rings (SSSR count). The van der Waals surface area contributed by atoms with Crippen molar-refractivity contribution in [3.8, 4) is 0 Å². The lowest BCUT2D eigenvalue weighted by atomic mass is 10.1. The number of carbonyl (C=O) groups excluding carboxylic acids is 1. The molecule has 2 N–H and O–H groups in total. The van der Waals surface area contributed by atoms with Gasteiger partial charge in [0.1, 0.15) is 11.4 Å². The number of carboxylic acid groups (broad SMARTS) is 1. The zero-order chi connectivity index (χ0) is 15.4. The van der Waals surface area contributed by atoms with E-state index in [0.29, 0.717) is 0 Å². The minimum atomic E-state index is -1.14. The molecule has 0 saturated heterocycles. The zero-order valence-electron chi connectivity index (χ0n) is 10.5. The fraction of sp³-hybridized carbons (Fsp3) is 0. The van der Waals surface area contributed by atoms with Gasteiger partial charge in [0, 0.05) is 12.3 Å². The lowest BCUT2D eigenvalue weighted by Crippen LogP contribution is -2.15. The van der Waals surface area contributed by atoms with Crippen LogP contribution in [0.2, 0.25) is 0 Å². The average Bonchev–Trinajstić information content (AvgIpc) is 2.47. The third-order valence-electron chi connectivity index (χ3n) is 2.60. The average molecular weight is 287 g/mol. The Morgan fingerprint density at radius 2 is 1.90 bits per heavy atom. The van der Waals surface area contributed by atoms with E-state index in [9.17, 15) is 19.7 Å². The normalized spacial score (nSPS) is 9.90. The number of rotatable bonds is 4. The Hall–Kier alpha value is -3.29. The molecule has 1 aromatic carbocycles. The molecule has 2 aromatic rings. The maximum Gasteiger partial charge on any atom is 0.337 e. The number of amides is 1. The number of aromatic carboxylic acids is 1. The van der Waals surface area contributed by atoms with Crippen molar-refractivity contribution in [2.45, 2.75) is 0 Å². The molecule has 106 valence electrons. The summed E-state index contributed by atoms with van der Waals surface area (Å²) < 4.78 is 0. The van der Waals surface area contributed by atoms with Crippen LogP contribution >= 0.6 is 0 Å². The van der Waals surface area contributed by atoms with E-state index in [1.165, 1.54) is 36.4 Å². The Labute approximate surface area is 118 Å². The highest BCUT2D eigenvalue weighted by Gasteiger charge is 2.19. The summed E-state index contributed by atoms with van der Waals surface area (Å²) in [6, 6.07) is 8.06. The number of hydrogen-bond donors (Lipinski definition) is 2.